The zero-order valence-electron chi connectivity index (χ0n) is 6.06. The lowest BCUT2D eigenvalue weighted by Gasteiger charge is -2.30. The van der Waals surface area contributed by atoms with Gasteiger partial charge in [0.2, 0.25) is 0 Å². The highest BCUT2D eigenvalue weighted by atomic mass is 16.5. The molecule has 1 fully saturated rings. The van der Waals surface area contributed by atoms with Gasteiger partial charge in [0.25, 0.3) is 0 Å². The van der Waals surface area contributed by atoms with Gasteiger partial charge in [0.1, 0.15) is 0 Å². The van der Waals surface area contributed by atoms with Crippen molar-refractivity contribution in [1.82, 2.24) is 10.6 Å². The van der Waals surface area contributed by atoms with Crippen LogP contribution in [0.3, 0.4) is 0 Å². The fourth-order valence-electron chi connectivity index (χ4n) is 0.971. The average Bonchev–Trinajstić information content (AvgIpc) is 2.32. The van der Waals surface area contributed by atoms with Gasteiger partial charge in [-0.15, -0.1) is 0 Å². The lowest BCUT2D eigenvalue weighted by atomic mass is 10.00. The highest BCUT2D eigenvalue weighted by molar-refractivity contribution is 5.77. The monoisotopic (exact) mass is 178 g/mol. The normalized spacial score (nSPS) is 21.3. The second-order valence-corrected chi connectivity index (χ2v) is 2.60. The summed E-state index contributed by atoms with van der Waals surface area (Å²) in [5.74, 6) is 0. The number of nitrogens with one attached hydrogen (secondary N) is 2. The predicted molar refractivity (Wildman–Crippen MR) is 35.7 cm³/mol. The topological polar surface area (TPSA) is 122 Å². The van der Waals surface area contributed by atoms with E-state index in [-0.39, 0.29) is 6.54 Å². The summed E-state index contributed by atoms with van der Waals surface area (Å²) < 4.78 is 0. The molecule has 1 rings (SSSR count). The summed E-state index contributed by atoms with van der Waals surface area (Å²) >= 11 is 0. The third kappa shape index (κ3) is 1.23. The predicted octanol–water partition coefficient (Wildman–Crippen LogP) is -3.34. The number of amides is 2. The number of carbonyl (C=O) groups is 1. The number of rotatable bonds is 2. The van der Waals surface area contributed by atoms with Crippen LogP contribution in [0.5, 0.6) is 0 Å². The molecule has 0 radical (unpaired) electrons. The highest BCUT2D eigenvalue weighted by Crippen LogP contribution is 2.16. The van der Waals surface area contributed by atoms with E-state index in [1.54, 1.807) is 0 Å². The van der Waals surface area contributed by atoms with Crippen LogP contribution in [0, 0.1) is 0 Å². The third-order valence-corrected chi connectivity index (χ3v) is 1.81. The standard InChI is InChI=1S/C5H10N2O5/c8-2(9)5(3(10)11)1-6-4(12)7-5/h2-3,8-11H,1H2,(H2,6,7,12). The summed E-state index contributed by atoms with van der Waals surface area (Å²) in [6.45, 7) is -0.249. The molecule has 0 unspecified atom stereocenters. The second kappa shape index (κ2) is 2.87. The first-order chi connectivity index (χ1) is 5.49. The summed E-state index contributed by atoms with van der Waals surface area (Å²) in [5, 5.41) is 39.3. The minimum Gasteiger partial charge on any atom is -0.366 e. The largest absolute Gasteiger partial charge is 0.366 e. The van der Waals surface area contributed by atoms with Crippen molar-refractivity contribution in [3.8, 4) is 0 Å². The van der Waals surface area contributed by atoms with Crippen molar-refractivity contribution in [2.45, 2.75) is 18.1 Å². The fraction of sp³-hybridized carbons (Fsp3) is 0.800. The van der Waals surface area contributed by atoms with Crippen LogP contribution in [0.25, 0.3) is 0 Å². The molecule has 7 heteroatoms. The van der Waals surface area contributed by atoms with Gasteiger partial charge >= 0.3 is 6.03 Å². The Kier molecular flexibility index (Phi) is 2.20. The maximum Gasteiger partial charge on any atom is 0.315 e. The number of carbonyl (C=O) groups excluding carboxylic acids is 1. The van der Waals surface area contributed by atoms with Crippen LogP contribution in [0.2, 0.25) is 0 Å². The maximum absolute atomic E-state index is 10.6. The minimum absolute atomic E-state index is 0.249. The molecule has 7 nitrogen and oxygen atoms in total. The van der Waals surface area contributed by atoms with Gasteiger partial charge in [-0.25, -0.2) is 4.79 Å². The molecule has 12 heavy (non-hydrogen) atoms. The first-order valence-electron chi connectivity index (χ1n) is 3.27. The van der Waals surface area contributed by atoms with Crippen molar-refractivity contribution in [2.75, 3.05) is 6.54 Å². The Hall–Kier alpha value is -0.890. The van der Waals surface area contributed by atoms with Gasteiger partial charge in [-0.3, -0.25) is 0 Å². The second-order valence-electron chi connectivity index (χ2n) is 2.60. The number of hydrogen-bond acceptors (Lipinski definition) is 5. The Morgan fingerprint density at radius 2 is 1.75 bits per heavy atom. The lowest BCUT2D eigenvalue weighted by molar-refractivity contribution is -0.192. The molecule has 0 aliphatic carbocycles. The molecule has 1 aliphatic rings. The molecule has 0 aromatic heterocycles. The molecule has 0 bridgehead atoms. The van der Waals surface area contributed by atoms with E-state index in [4.69, 9.17) is 20.4 Å². The van der Waals surface area contributed by atoms with E-state index in [9.17, 15) is 4.79 Å². The molecule has 1 aliphatic heterocycles. The van der Waals surface area contributed by atoms with E-state index in [1.165, 1.54) is 0 Å². The molecule has 0 aromatic carbocycles. The Bertz CT molecular complexity index is 184. The number of aliphatic hydroxyl groups excluding tert-OH is 2. The molecule has 70 valence electrons. The number of urea groups is 1. The third-order valence-electron chi connectivity index (χ3n) is 1.81. The van der Waals surface area contributed by atoms with Crippen LogP contribution < -0.4 is 10.6 Å². The van der Waals surface area contributed by atoms with Gasteiger partial charge in [0.05, 0.1) is 6.54 Å². The van der Waals surface area contributed by atoms with Gasteiger partial charge in [0, 0.05) is 0 Å². The fourth-order valence-corrected chi connectivity index (χ4v) is 0.971. The SMILES string of the molecule is O=C1NCC(C(O)O)(C(O)O)N1. The van der Waals surface area contributed by atoms with Gasteiger partial charge in [-0.05, 0) is 0 Å². The van der Waals surface area contributed by atoms with Crippen molar-refractivity contribution in [1.29, 1.82) is 0 Å². The molecule has 1 saturated heterocycles. The minimum atomic E-state index is -2.03. The summed E-state index contributed by atoms with van der Waals surface area (Å²) in [4.78, 5) is 10.6. The molecule has 6 N–H and O–H groups in total. The van der Waals surface area contributed by atoms with Crippen LogP contribution in [-0.4, -0.2) is 51.1 Å². The zero-order chi connectivity index (χ0) is 9.35. The summed E-state index contributed by atoms with van der Waals surface area (Å²) in [6.07, 6.45) is -4.06. The van der Waals surface area contributed by atoms with E-state index in [1.807, 2.05) is 5.32 Å². The summed E-state index contributed by atoms with van der Waals surface area (Å²) in [5.41, 5.74) is -1.82. The molecule has 0 spiro atoms. The zero-order valence-corrected chi connectivity index (χ0v) is 6.06. The van der Waals surface area contributed by atoms with Crippen LogP contribution in [0.1, 0.15) is 0 Å². The Morgan fingerprint density at radius 1 is 1.25 bits per heavy atom. The maximum atomic E-state index is 10.6. The molecule has 0 aromatic rings. The van der Waals surface area contributed by atoms with Gasteiger partial charge < -0.3 is 31.1 Å². The van der Waals surface area contributed by atoms with E-state index in [0.29, 0.717) is 0 Å². The summed E-state index contributed by atoms with van der Waals surface area (Å²) in [6, 6.07) is -0.670. The van der Waals surface area contributed by atoms with Crippen molar-refractivity contribution in [2.24, 2.45) is 0 Å². The Morgan fingerprint density at radius 3 is 1.92 bits per heavy atom. The first-order valence-corrected chi connectivity index (χ1v) is 3.27. The number of hydrogen-bond donors (Lipinski definition) is 6. The molecule has 1 heterocycles. The summed E-state index contributed by atoms with van der Waals surface area (Å²) in [7, 11) is 0. The van der Waals surface area contributed by atoms with Crippen molar-refractivity contribution < 1.29 is 25.2 Å². The Labute approximate surface area is 67.6 Å². The van der Waals surface area contributed by atoms with Gasteiger partial charge in [-0.2, -0.15) is 0 Å². The smallest absolute Gasteiger partial charge is 0.315 e. The van der Waals surface area contributed by atoms with Crippen LogP contribution >= 0.6 is 0 Å². The lowest BCUT2D eigenvalue weighted by Crippen LogP contribution is -2.61. The molecule has 2 amide bonds. The van der Waals surface area contributed by atoms with E-state index in [2.05, 4.69) is 5.32 Å². The van der Waals surface area contributed by atoms with Crippen LogP contribution in [0.4, 0.5) is 4.79 Å². The Balaban J connectivity index is 2.81. The van der Waals surface area contributed by atoms with Crippen LogP contribution in [-0.2, 0) is 0 Å². The molecular weight excluding hydrogens is 168 g/mol. The van der Waals surface area contributed by atoms with E-state index >= 15 is 0 Å². The van der Waals surface area contributed by atoms with Crippen molar-refractivity contribution >= 4 is 6.03 Å². The van der Waals surface area contributed by atoms with Crippen LogP contribution in [0.15, 0.2) is 0 Å². The van der Waals surface area contributed by atoms with Gasteiger partial charge in [-0.1, -0.05) is 0 Å². The van der Waals surface area contributed by atoms with Crippen molar-refractivity contribution in [3.63, 3.8) is 0 Å². The quantitative estimate of drug-likeness (QED) is 0.247. The van der Waals surface area contributed by atoms with E-state index in [0.717, 1.165) is 0 Å². The highest BCUT2D eigenvalue weighted by Gasteiger charge is 2.49. The number of aliphatic hydroxyl groups is 4. The van der Waals surface area contributed by atoms with Gasteiger partial charge in [0.15, 0.2) is 18.1 Å². The van der Waals surface area contributed by atoms with Crippen molar-refractivity contribution in [3.05, 3.63) is 0 Å². The van der Waals surface area contributed by atoms with E-state index < -0.39 is 24.2 Å². The molecule has 0 atom stereocenters. The molecule has 0 saturated carbocycles. The molecular formula is C5H10N2O5. The average molecular weight is 178 g/mol. The first kappa shape index (κ1) is 9.20.